The molecule has 0 fully saturated rings. The van der Waals surface area contributed by atoms with Crippen LogP contribution in [0.25, 0.3) is 0 Å². The second-order valence-electron chi connectivity index (χ2n) is 4.06. The molecule has 0 aliphatic rings. The van der Waals surface area contributed by atoms with Gasteiger partial charge in [-0.15, -0.1) is 0 Å². The van der Waals surface area contributed by atoms with Crippen molar-refractivity contribution in [2.75, 3.05) is 6.54 Å². The third-order valence-electron chi connectivity index (χ3n) is 2.63. The van der Waals surface area contributed by atoms with Crippen molar-refractivity contribution in [3.8, 4) is 0 Å². The Hall–Kier alpha value is -1.86. The predicted molar refractivity (Wildman–Crippen MR) is 69.5 cm³/mol. The number of halogens is 2. The molecule has 4 nitrogen and oxygen atoms in total. The van der Waals surface area contributed by atoms with Crippen molar-refractivity contribution in [1.29, 1.82) is 0 Å². The number of aromatic nitrogens is 1. The van der Waals surface area contributed by atoms with Gasteiger partial charge in [-0.3, -0.25) is 4.98 Å². The highest BCUT2D eigenvalue weighted by Gasteiger charge is 2.20. The highest BCUT2D eigenvalue weighted by atomic mass is 32.2. The molecule has 0 radical (unpaired) electrons. The van der Waals surface area contributed by atoms with Gasteiger partial charge in [0.05, 0.1) is 0 Å². The SMILES string of the molecule is O=S(=O)(NCCc1cccnc1)c1cccc(F)c1F. The van der Waals surface area contributed by atoms with E-state index in [4.69, 9.17) is 0 Å². The van der Waals surface area contributed by atoms with Crippen LogP contribution in [-0.4, -0.2) is 19.9 Å². The van der Waals surface area contributed by atoms with Crippen molar-refractivity contribution >= 4 is 10.0 Å². The zero-order chi connectivity index (χ0) is 14.6. The maximum Gasteiger partial charge on any atom is 0.243 e. The first-order valence-electron chi connectivity index (χ1n) is 5.83. The summed E-state index contributed by atoms with van der Waals surface area (Å²) in [6.45, 7) is 0.0734. The van der Waals surface area contributed by atoms with Gasteiger partial charge < -0.3 is 0 Å². The van der Waals surface area contributed by atoms with Crippen molar-refractivity contribution in [3.05, 3.63) is 59.9 Å². The fraction of sp³-hybridized carbons (Fsp3) is 0.154. The standard InChI is InChI=1S/C13H12F2N2O2S/c14-11-4-1-5-12(13(11)15)20(18,19)17-8-6-10-3-2-7-16-9-10/h1-5,7,9,17H,6,8H2. The molecule has 2 aromatic rings. The summed E-state index contributed by atoms with van der Waals surface area (Å²) in [5.41, 5.74) is 0.843. The first-order chi connectivity index (χ1) is 9.50. The van der Waals surface area contributed by atoms with E-state index in [1.54, 1.807) is 24.5 Å². The van der Waals surface area contributed by atoms with Crippen molar-refractivity contribution in [3.63, 3.8) is 0 Å². The molecule has 2 rings (SSSR count). The van der Waals surface area contributed by atoms with E-state index in [2.05, 4.69) is 9.71 Å². The molecule has 1 heterocycles. The summed E-state index contributed by atoms with van der Waals surface area (Å²) in [4.78, 5) is 3.21. The van der Waals surface area contributed by atoms with Crippen LogP contribution < -0.4 is 4.72 Å². The molecule has 0 atom stereocenters. The van der Waals surface area contributed by atoms with E-state index in [0.717, 1.165) is 23.8 Å². The molecule has 0 spiro atoms. The van der Waals surface area contributed by atoms with E-state index in [1.807, 2.05) is 0 Å². The summed E-state index contributed by atoms with van der Waals surface area (Å²) >= 11 is 0. The van der Waals surface area contributed by atoms with Gasteiger partial charge in [-0.25, -0.2) is 21.9 Å². The number of hydrogen-bond acceptors (Lipinski definition) is 3. The molecule has 0 amide bonds. The molecule has 0 bridgehead atoms. The summed E-state index contributed by atoms with van der Waals surface area (Å²) in [7, 11) is -4.07. The molecular weight excluding hydrogens is 286 g/mol. The second kappa shape index (κ2) is 6.06. The lowest BCUT2D eigenvalue weighted by molar-refractivity contribution is 0.483. The highest BCUT2D eigenvalue weighted by molar-refractivity contribution is 7.89. The van der Waals surface area contributed by atoms with E-state index in [1.165, 1.54) is 0 Å². The van der Waals surface area contributed by atoms with Gasteiger partial charge >= 0.3 is 0 Å². The van der Waals surface area contributed by atoms with E-state index in [-0.39, 0.29) is 6.54 Å². The van der Waals surface area contributed by atoms with Crippen molar-refractivity contribution < 1.29 is 17.2 Å². The van der Waals surface area contributed by atoms with Crippen LogP contribution in [0.1, 0.15) is 5.56 Å². The number of pyridine rings is 1. The molecule has 1 N–H and O–H groups in total. The Labute approximate surface area is 115 Å². The number of sulfonamides is 1. The summed E-state index contributed by atoms with van der Waals surface area (Å²) < 4.78 is 52.4. The van der Waals surface area contributed by atoms with Gasteiger partial charge in [0.15, 0.2) is 11.6 Å². The monoisotopic (exact) mass is 298 g/mol. The van der Waals surface area contributed by atoms with Crippen LogP contribution in [0.15, 0.2) is 47.6 Å². The molecule has 20 heavy (non-hydrogen) atoms. The average molecular weight is 298 g/mol. The third-order valence-corrected chi connectivity index (χ3v) is 4.11. The molecule has 0 saturated carbocycles. The average Bonchev–Trinajstić information content (AvgIpc) is 2.42. The van der Waals surface area contributed by atoms with Crippen molar-refractivity contribution in [2.24, 2.45) is 0 Å². The smallest absolute Gasteiger partial charge is 0.243 e. The summed E-state index contributed by atoms with van der Waals surface area (Å²) in [6.07, 6.45) is 3.62. The number of rotatable bonds is 5. The Morgan fingerprint density at radius 2 is 1.95 bits per heavy atom. The molecule has 0 aliphatic heterocycles. The zero-order valence-corrected chi connectivity index (χ0v) is 11.2. The van der Waals surface area contributed by atoms with E-state index in [9.17, 15) is 17.2 Å². The van der Waals surface area contributed by atoms with Gasteiger partial charge in [0.25, 0.3) is 0 Å². The Kier molecular flexibility index (Phi) is 4.41. The van der Waals surface area contributed by atoms with Gasteiger partial charge in [0.1, 0.15) is 4.90 Å². The van der Waals surface area contributed by atoms with E-state index >= 15 is 0 Å². The number of hydrogen-bond donors (Lipinski definition) is 1. The van der Waals surface area contributed by atoms with Gasteiger partial charge in [-0.1, -0.05) is 12.1 Å². The van der Waals surface area contributed by atoms with Gasteiger partial charge in [0.2, 0.25) is 10.0 Å². The van der Waals surface area contributed by atoms with Crippen molar-refractivity contribution in [2.45, 2.75) is 11.3 Å². The van der Waals surface area contributed by atoms with Gasteiger partial charge in [-0.2, -0.15) is 0 Å². The number of nitrogens with zero attached hydrogens (tertiary/aromatic N) is 1. The van der Waals surface area contributed by atoms with Crippen LogP contribution >= 0.6 is 0 Å². The fourth-order valence-corrected chi connectivity index (χ4v) is 2.76. The maximum absolute atomic E-state index is 13.4. The largest absolute Gasteiger partial charge is 0.264 e. The minimum absolute atomic E-state index is 0.0734. The molecule has 0 aliphatic carbocycles. The Balaban J connectivity index is 2.06. The molecule has 1 aromatic carbocycles. The highest BCUT2D eigenvalue weighted by Crippen LogP contribution is 2.16. The van der Waals surface area contributed by atoms with Gasteiger partial charge in [0, 0.05) is 18.9 Å². The van der Waals surface area contributed by atoms with E-state index < -0.39 is 26.6 Å². The maximum atomic E-state index is 13.4. The topological polar surface area (TPSA) is 59.1 Å². The molecule has 1 aromatic heterocycles. The summed E-state index contributed by atoms with van der Waals surface area (Å²) in [5.74, 6) is -2.57. The minimum atomic E-state index is -4.07. The number of benzene rings is 1. The first kappa shape index (κ1) is 14.5. The molecule has 106 valence electrons. The third kappa shape index (κ3) is 3.37. The first-order valence-corrected chi connectivity index (χ1v) is 7.31. The Morgan fingerprint density at radius 1 is 1.15 bits per heavy atom. The van der Waals surface area contributed by atoms with Crippen LogP contribution in [0, 0.1) is 11.6 Å². The Bertz CT molecular complexity index is 691. The Morgan fingerprint density at radius 3 is 2.65 bits per heavy atom. The van der Waals surface area contributed by atoms with Crippen LogP contribution in [0.2, 0.25) is 0 Å². The predicted octanol–water partition coefficient (Wildman–Crippen LogP) is 1.88. The lowest BCUT2D eigenvalue weighted by Crippen LogP contribution is -2.27. The van der Waals surface area contributed by atoms with Crippen molar-refractivity contribution in [1.82, 2.24) is 9.71 Å². The normalized spacial score (nSPS) is 11.5. The second-order valence-corrected chi connectivity index (χ2v) is 5.80. The lowest BCUT2D eigenvalue weighted by atomic mass is 10.2. The van der Waals surface area contributed by atoms with Crippen LogP contribution in [0.4, 0.5) is 8.78 Å². The lowest BCUT2D eigenvalue weighted by Gasteiger charge is -2.07. The van der Waals surface area contributed by atoms with Crippen LogP contribution in [0.3, 0.4) is 0 Å². The molecule has 7 heteroatoms. The minimum Gasteiger partial charge on any atom is -0.264 e. The zero-order valence-electron chi connectivity index (χ0n) is 10.4. The number of nitrogens with one attached hydrogen (secondary N) is 1. The van der Waals surface area contributed by atoms with Crippen LogP contribution in [0.5, 0.6) is 0 Å². The van der Waals surface area contributed by atoms with E-state index in [0.29, 0.717) is 6.42 Å². The molecular formula is C13H12F2N2O2S. The molecule has 0 unspecified atom stereocenters. The van der Waals surface area contributed by atoms with Gasteiger partial charge in [-0.05, 0) is 30.2 Å². The quantitative estimate of drug-likeness (QED) is 0.917. The summed E-state index contributed by atoms with van der Waals surface area (Å²) in [5, 5.41) is 0. The fourth-order valence-electron chi connectivity index (χ4n) is 1.65. The van der Waals surface area contributed by atoms with Crippen LogP contribution in [-0.2, 0) is 16.4 Å². The molecule has 0 saturated heterocycles. The summed E-state index contributed by atoms with van der Waals surface area (Å²) in [6, 6.07) is 6.56.